The van der Waals surface area contributed by atoms with Gasteiger partial charge in [0.15, 0.2) is 0 Å². The van der Waals surface area contributed by atoms with E-state index in [9.17, 15) is 9.59 Å². The molecule has 1 saturated heterocycles. The molecule has 0 aromatic heterocycles. The van der Waals surface area contributed by atoms with Crippen LogP contribution in [0, 0.1) is 0 Å². The molecule has 1 heterocycles. The molecule has 2 N–H and O–H groups in total. The highest BCUT2D eigenvalue weighted by molar-refractivity contribution is 5.83. The number of likely N-dealkylation sites (N-methyl/N-ethyl adjacent to an activating group) is 1. The second-order valence-electron chi connectivity index (χ2n) is 3.71. The average Bonchev–Trinajstić information content (AvgIpc) is 2.29. The standard InChI is InChI=1S/C10H18N2O4/c1-3-7(10(14)15)12-4-5-16-6-8(12)9(13)11-2/h7-8H,3-6H2,1-2H3,(H,11,13)(H,14,15). The van der Waals surface area contributed by atoms with Crippen LogP contribution in [0.4, 0.5) is 0 Å². The number of carboxylic acid groups (broad SMARTS) is 1. The Labute approximate surface area is 94.6 Å². The molecule has 1 amide bonds. The molecule has 6 heteroatoms. The van der Waals surface area contributed by atoms with Crippen molar-refractivity contribution >= 4 is 11.9 Å². The highest BCUT2D eigenvalue weighted by atomic mass is 16.5. The molecule has 16 heavy (non-hydrogen) atoms. The predicted molar refractivity (Wildman–Crippen MR) is 57.1 cm³/mol. The first-order valence-electron chi connectivity index (χ1n) is 5.39. The molecule has 0 saturated carbocycles. The molecule has 1 fully saturated rings. The lowest BCUT2D eigenvalue weighted by Crippen LogP contribution is -2.58. The van der Waals surface area contributed by atoms with E-state index >= 15 is 0 Å². The van der Waals surface area contributed by atoms with Gasteiger partial charge in [0.2, 0.25) is 5.91 Å². The Kier molecular flexibility index (Phi) is 4.70. The quantitative estimate of drug-likeness (QED) is 0.667. The van der Waals surface area contributed by atoms with E-state index in [1.54, 1.807) is 11.8 Å². The fraction of sp³-hybridized carbons (Fsp3) is 0.800. The van der Waals surface area contributed by atoms with Crippen LogP contribution in [-0.4, -0.2) is 60.8 Å². The van der Waals surface area contributed by atoms with Crippen molar-refractivity contribution in [3.63, 3.8) is 0 Å². The third-order valence-corrected chi connectivity index (χ3v) is 2.79. The fourth-order valence-electron chi connectivity index (χ4n) is 1.93. The SMILES string of the molecule is CCC(C(=O)O)N1CCOCC1C(=O)NC. The van der Waals surface area contributed by atoms with E-state index in [1.807, 2.05) is 0 Å². The van der Waals surface area contributed by atoms with E-state index in [1.165, 1.54) is 7.05 Å². The second-order valence-corrected chi connectivity index (χ2v) is 3.71. The van der Waals surface area contributed by atoms with Gasteiger partial charge in [-0.15, -0.1) is 0 Å². The summed E-state index contributed by atoms with van der Waals surface area (Å²) in [4.78, 5) is 24.4. The Hall–Kier alpha value is -1.14. The van der Waals surface area contributed by atoms with Crippen molar-refractivity contribution in [1.82, 2.24) is 10.2 Å². The summed E-state index contributed by atoms with van der Waals surface area (Å²) < 4.78 is 5.21. The van der Waals surface area contributed by atoms with E-state index in [-0.39, 0.29) is 12.5 Å². The Balaban J connectivity index is 2.80. The van der Waals surface area contributed by atoms with Crippen LogP contribution in [0.25, 0.3) is 0 Å². The van der Waals surface area contributed by atoms with Crippen molar-refractivity contribution in [3.8, 4) is 0 Å². The number of nitrogens with one attached hydrogen (secondary N) is 1. The van der Waals surface area contributed by atoms with Crippen LogP contribution in [0.2, 0.25) is 0 Å². The van der Waals surface area contributed by atoms with Crippen LogP contribution in [0.15, 0.2) is 0 Å². The summed E-state index contributed by atoms with van der Waals surface area (Å²) >= 11 is 0. The minimum Gasteiger partial charge on any atom is -0.480 e. The molecule has 1 aliphatic heterocycles. The van der Waals surface area contributed by atoms with Gasteiger partial charge in [-0.25, -0.2) is 0 Å². The predicted octanol–water partition coefficient (Wildman–Crippen LogP) is -0.704. The van der Waals surface area contributed by atoms with Crippen LogP contribution in [0.3, 0.4) is 0 Å². The number of aliphatic carboxylic acids is 1. The van der Waals surface area contributed by atoms with Crippen LogP contribution in [0.5, 0.6) is 0 Å². The summed E-state index contributed by atoms with van der Waals surface area (Å²) in [6, 6.07) is -1.12. The number of nitrogens with zero attached hydrogens (tertiary/aromatic N) is 1. The molecule has 1 rings (SSSR count). The van der Waals surface area contributed by atoms with E-state index in [0.29, 0.717) is 19.6 Å². The molecular weight excluding hydrogens is 212 g/mol. The van der Waals surface area contributed by atoms with Gasteiger partial charge in [-0.05, 0) is 6.42 Å². The average molecular weight is 230 g/mol. The van der Waals surface area contributed by atoms with E-state index in [2.05, 4.69) is 5.32 Å². The number of amides is 1. The van der Waals surface area contributed by atoms with Gasteiger partial charge in [-0.2, -0.15) is 0 Å². The third-order valence-electron chi connectivity index (χ3n) is 2.79. The highest BCUT2D eigenvalue weighted by Crippen LogP contribution is 2.14. The van der Waals surface area contributed by atoms with Gasteiger partial charge in [0.25, 0.3) is 0 Å². The number of carbonyl (C=O) groups excluding carboxylic acids is 1. The maximum absolute atomic E-state index is 11.6. The normalized spacial score (nSPS) is 23.8. The Morgan fingerprint density at radius 2 is 2.31 bits per heavy atom. The molecule has 0 radical (unpaired) electrons. The van der Waals surface area contributed by atoms with E-state index in [4.69, 9.17) is 9.84 Å². The topological polar surface area (TPSA) is 78.9 Å². The lowest BCUT2D eigenvalue weighted by atomic mass is 10.1. The number of carbonyl (C=O) groups is 2. The summed E-state index contributed by atoms with van der Waals surface area (Å²) in [7, 11) is 1.54. The van der Waals surface area contributed by atoms with Crippen LogP contribution in [0.1, 0.15) is 13.3 Å². The molecular formula is C10H18N2O4. The zero-order chi connectivity index (χ0) is 12.1. The molecule has 0 spiro atoms. The van der Waals surface area contributed by atoms with Gasteiger partial charge >= 0.3 is 5.97 Å². The summed E-state index contributed by atoms with van der Waals surface area (Å²) in [6.07, 6.45) is 0.475. The van der Waals surface area contributed by atoms with Gasteiger partial charge in [-0.1, -0.05) is 6.92 Å². The Morgan fingerprint density at radius 1 is 1.62 bits per heavy atom. The molecule has 0 aromatic carbocycles. The van der Waals surface area contributed by atoms with Crippen LogP contribution in [-0.2, 0) is 14.3 Å². The van der Waals surface area contributed by atoms with Crippen molar-refractivity contribution < 1.29 is 19.4 Å². The van der Waals surface area contributed by atoms with Crippen LogP contribution < -0.4 is 5.32 Å². The van der Waals surface area contributed by atoms with Gasteiger partial charge in [0.05, 0.1) is 13.2 Å². The highest BCUT2D eigenvalue weighted by Gasteiger charge is 2.36. The maximum atomic E-state index is 11.6. The lowest BCUT2D eigenvalue weighted by molar-refractivity contribution is -0.150. The van der Waals surface area contributed by atoms with Crippen molar-refractivity contribution in [1.29, 1.82) is 0 Å². The van der Waals surface area contributed by atoms with Gasteiger partial charge in [0.1, 0.15) is 12.1 Å². The fourth-order valence-corrected chi connectivity index (χ4v) is 1.93. The van der Waals surface area contributed by atoms with Gasteiger partial charge in [0, 0.05) is 13.6 Å². The summed E-state index contributed by atoms with van der Waals surface area (Å²) in [5.74, 6) is -1.09. The largest absolute Gasteiger partial charge is 0.480 e. The minimum absolute atomic E-state index is 0.195. The summed E-state index contributed by atoms with van der Waals surface area (Å²) in [5.41, 5.74) is 0. The first kappa shape index (κ1) is 12.9. The number of morpholine rings is 1. The number of hydrogen-bond donors (Lipinski definition) is 2. The monoisotopic (exact) mass is 230 g/mol. The molecule has 92 valence electrons. The second kappa shape index (κ2) is 5.81. The van der Waals surface area contributed by atoms with Crippen molar-refractivity contribution in [2.45, 2.75) is 25.4 Å². The zero-order valence-corrected chi connectivity index (χ0v) is 9.60. The molecule has 0 aromatic rings. The van der Waals surface area contributed by atoms with E-state index in [0.717, 1.165) is 0 Å². The summed E-state index contributed by atoms with van der Waals surface area (Å²) in [5, 5.41) is 11.6. The molecule has 0 bridgehead atoms. The van der Waals surface area contributed by atoms with Crippen molar-refractivity contribution in [2.24, 2.45) is 0 Å². The maximum Gasteiger partial charge on any atom is 0.320 e. The minimum atomic E-state index is -0.890. The first-order valence-corrected chi connectivity index (χ1v) is 5.39. The number of ether oxygens (including phenoxy) is 1. The molecule has 6 nitrogen and oxygen atoms in total. The number of rotatable bonds is 4. The Bertz CT molecular complexity index is 270. The molecule has 2 atom stereocenters. The summed E-state index contributed by atoms with van der Waals surface area (Å²) in [6.45, 7) is 3.00. The molecule has 1 aliphatic rings. The molecule has 0 aliphatic carbocycles. The van der Waals surface area contributed by atoms with Gasteiger partial charge in [-0.3, -0.25) is 14.5 Å². The van der Waals surface area contributed by atoms with Gasteiger partial charge < -0.3 is 15.2 Å². The number of carboxylic acids is 1. The first-order chi connectivity index (χ1) is 7.61. The zero-order valence-electron chi connectivity index (χ0n) is 9.60. The third kappa shape index (κ3) is 2.70. The molecule has 2 unspecified atom stereocenters. The van der Waals surface area contributed by atoms with E-state index < -0.39 is 18.1 Å². The smallest absolute Gasteiger partial charge is 0.320 e. The van der Waals surface area contributed by atoms with Crippen molar-refractivity contribution in [3.05, 3.63) is 0 Å². The number of hydrogen-bond acceptors (Lipinski definition) is 4. The Morgan fingerprint density at radius 3 is 2.81 bits per heavy atom. The lowest BCUT2D eigenvalue weighted by Gasteiger charge is -2.37. The van der Waals surface area contributed by atoms with Crippen LogP contribution >= 0.6 is 0 Å². The van der Waals surface area contributed by atoms with Crippen molar-refractivity contribution in [2.75, 3.05) is 26.8 Å².